The Kier molecular flexibility index (Phi) is 31.7. The lowest BCUT2D eigenvalue weighted by atomic mass is 9.87. The highest BCUT2D eigenvalue weighted by Gasteiger charge is 2.49. The Hall–Kier alpha value is -1.93. The summed E-state index contributed by atoms with van der Waals surface area (Å²) in [6.07, 6.45) is 45.1. The molecule has 320 valence electrons. The van der Waals surface area contributed by atoms with E-state index in [9.17, 15) is 18.0 Å². The normalized spacial score (nSPS) is 15.5. The van der Waals surface area contributed by atoms with E-state index < -0.39 is 15.4 Å². The van der Waals surface area contributed by atoms with Gasteiger partial charge in [-0.15, -0.1) is 0 Å². The molecule has 2 amide bonds. The van der Waals surface area contributed by atoms with Crippen LogP contribution in [0.5, 0.6) is 0 Å². The molecule has 55 heavy (non-hydrogen) atoms. The number of sulfone groups is 1. The lowest BCUT2D eigenvalue weighted by Crippen LogP contribution is -2.64. The maximum Gasteiger partial charge on any atom is 0.246 e. The third kappa shape index (κ3) is 26.6. The minimum absolute atomic E-state index is 0.00357. The first-order valence-electron chi connectivity index (χ1n) is 23.1. The van der Waals surface area contributed by atoms with Crippen LogP contribution in [0.2, 0.25) is 0 Å². The summed E-state index contributed by atoms with van der Waals surface area (Å²) in [5.41, 5.74) is -1.09. The Labute approximate surface area is 340 Å². The van der Waals surface area contributed by atoms with Crippen molar-refractivity contribution in [2.45, 2.75) is 206 Å². The Morgan fingerprint density at radius 2 is 1.00 bits per heavy atom. The smallest absolute Gasteiger partial charge is 0.246 e. The highest BCUT2D eigenvalue weighted by Crippen LogP contribution is 2.32. The molecule has 0 saturated carbocycles. The molecule has 1 saturated heterocycles. The van der Waals surface area contributed by atoms with Crippen molar-refractivity contribution in [2.24, 2.45) is 0 Å². The molecule has 0 aromatic carbocycles. The summed E-state index contributed by atoms with van der Waals surface area (Å²) >= 11 is 0. The number of nitrogens with zero attached hydrogens (tertiary/aromatic N) is 2. The second-order valence-electron chi connectivity index (χ2n) is 16.6. The molecule has 0 unspecified atom stereocenters. The van der Waals surface area contributed by atoms with Crippen LogP contribution in [-0.4, -0.2) is 80.8 Å². The third-order valence-corrected chi connectivity index (χ3v) is 12.8. The van der Waals surface area contributed by atoms with Gasteiger partial charge in [0, 0.05) is 19.5 Å². The molecule has 0 atom stereocenters. The minimum atomic E-state index is -3.22. The molecule has 1 fully saturated rings. The van der Waals surface area contributed by atoms with Crippen LogP contribution in [-0.2, 0) is 19.4 Å². The molecule has 0 aromatic heterocycles. The van der Waals surface area contributed by atoms with E-state index in [-0.39, 0.29) is 36.2 Å². The van der Waals surface area contributed by atoms with Gasteiger partial charge >= 0.3 is 0 Å². The van der Waals surface area contributed by atoms with E-state index in [1.165, 1.54) is 96.3 Å². The Morgan fingerprint density at radius 3 is 1.53 bits per heavy atom. The highest BCUT2D eigenvalue weighted by atomic mass is 32.2. The molecule has 1 rings (SSSR count). The number of rotatable bonds is 36. The monoisotopic (exact) mass is 790 g/mol. The van der Waals surface area contributed by atoms with Crippen molar-refractivity contribution in [3.8, 4) is 0 Å². The Balaban J connectivity index is 2.52. The fourth-order valence-corrected chi connectivity index (χ4v) is 9.08. The molecule has 0 aromatic rings. The number of unbranched alkanes of at least 4 members (excludes halogenated alkanes) is 20. The molecule has 8 heteroatoms. The maximum atomic E-state index is 14.0. The van der Waals surface area contributed by atoms with E-state index >= 15 is 0 Å². The standard InChI is InChI=1S/C47H87N3O4S/c1-5-7-9-11-13-15-17-19-21-23-25-27-29-31-33-35-40-48-46(52)47(38-43-55(53,54)44-39-47)50(42-36-41-49(3)4)45(51)37-34-32-30-28-26-24-22-20-18-16-14-12-10-8-6-2/h14,16,19-22H,5-13,15,17-18,23-44H2,1-4H3,(H,48,52)/b16-14-,21-19-,22-20-. The summed E-state index contributed by atoms with van der Waals surface area (Å²) in [7, 11) is 0.811. The van der Waals surface area contributed by atoms with E-state index in [4.69, 9.17) is 0 Å². The van der Waals surface area contributed by atoms with Gasteiger partial charge in [-0.25, -0.2) is 8.42 Å². The van der Waals surface area contributed by atoms with E-state index in [2.05, 4.69) is 60.5 Å². The van der Waals surface area contributed by atoms with E-state index in [1.54, 1.807) is 4.90 Å². The van der Waals surface area contributed by atoms with Crippen molar-refractivity contribution in [3.05, 3.63) is 36.5 Å². The lowest BCUT2D eigenvalue weighted by Gasteiger charge is -2.45. The molecule has 0 spiro atoms. The second-order valence-corrected chi connectivity index (χ2v) is 18.9. The molecule has 1 N–H and O–H groups in total. The highest BCUT2D eigenvalue weighted by molar-refractivity contribution is 7.91. The van der Waals surface area contributed by atoms with Gasteiger partial charge in [-0.3, -0.25) is 9.59 Å². The topological polar surface area (TPSA) is 86.8 Å². The van der Waals surface area contributed by atoms with Crippen LogP contribution >= 0.6 is 0 Å². The van der Waals surface area contributed by atoms with Crippen molar-refractivity contribution in [1.29, 1.82) is 0 Å². The van der Waals surface area contributed by atoms with E-state index in [0.29, 0.717) is 19.5 Å². The summed E-state index contributed by atoms with van der Waals surface area (Å²) in [6, 6.07) is 0. The fraction of sp³-hybridized carbons (Fsp3) is 0.830. The van der Waals surface area contributed by atoms with Gasteiger partial charge in [0.25, 0.3) is 0 Å². The van der Waals surface area contributed by atoms with Crippen molar-refractivity contribution < 1.29 is 18.0 Å². The zero-order valence-corrected chi connectivity index (χ0v) is 37.3. The van der Waals surface area contributed by atoms with Crippen LogP contribution in [0.3, 0.4) is 0 Å². The maximum absolute atomic E-state index is 14.0. The summed E-state index contributed by atoms with van der Waals surface area (Å²) < 4.78 is 25.1. The van der Waals surface area contributed by atoms with Crippen molar-refractivity contribution in [1.82, 2.24) is 15.1 Å². The predicted molar refractivity (Wildman–Crippen MR) is 237 cm³/mol. The van der Waals surface area contributed by atoms with Crippen molar-refractivity contribution >= 4 is 21.7 Å². The van der Waals surface area contributed by atoms with Gasteiger partial charge in [0.2, 0.25) is 11.8 Å². The first-order valence-corrected chi connectivity index (χ1v) is 24.9. The molecule has 0 aliphatic carbocycles. The molecule has 0 radical (unpaired) electrons. The Bertz CT molecular complexity index is 1130. The molecule has 7 nitrogen and oxygen atoms in total. The van der Waals surface area contributed by atoms with Gasteiger partial charge < -0.3 is 15.1 Å². The van der Waals surface area contributed by atoms with Crippen molar-refractivity contribution in [2.75, 3.05) is 45.2 Å². The average molecular weight is 790 g/mol. The molecule has 0 bridgehead atoms. The number of allylic oxidation sites excluding steroid dienone is 6. The number of hydrogen-bond donors (Lipinski definition) is 1. The number of carbonyl (C=O) groups excluding carboxylic acids is 2. The zero-order valence-electron chi connectivity index (χ0n) is 36.4. The fourth-order valence-electron chi connectivity index (χ4n) is 7.58. The van der Waals surface area contributed by atoms with Crippen LogP contribution in [0.4, 0.5) is 0 Å². The molecule has 1 heterocycles. The van der Waals surface area contributed by atoms with Gasteiger partial charge in [0.1, 0.15) is 5.54 Å². The number of carbonyl (C=O) groups is 2. The lowest BCUT2D eigenvalue weighted by molar-refractivity contribution is -0.149. The summed E-state index contributed by atoms with van der Waals surface area (Å²) in [5, 5.41) is 3.17. The predicted octanol–water partition coefficient (Wildman–Crippen LogP) is 11.7. The minimum Gasteiger partial charge on any atom is -0.354 e. The average Bonchev–Trinajstić information content (AvgIpc) is 3.16. The second kappa shape index (κ2) is 34.1. The first kappa shape index (κ1) is 51.1. The van der Waals surface area contributed by atoms with Crippen LogP contribution in [0.15, 0.2) is 36.5 Å². The molecule has 1 aliphatic heterocycles. The zero-order chi connectivity index (χ0) is 40.3. The van der Waals surface area contributed by atoms with Gasteiger partial charge in [-0.2, -0.15) is 0 Å². The number of nitrogens with one attached hydrogen (secondary N) is 1. The first-order chi connectivity index (χ1) is 26.7. The van der Waals surface area contributed by atoms with Gasteiger partial charge in [-0.05, 0) is 111 Å². The summed E-state index contributed by atoms with van der Waals surface area (Å²) in [6.45, 7) is 6.35. The summed E-state index contributed by atoms with van der Waals surface area (Å²) in [4.78, 5) is 31.8. The van der Waals surface area contributed by atoms with E-state index in [0.717, 1.165) is 77.2 Å². The van der Waals surface area contributed by atoms with Crippen LogP contribution in [0.1, 0.15) is 200 Å². The van der Waals surface area contributed by atoms with Gasteiger partial charge in [0.15, 0.2) is 9.84 Å². The van der Waals surface area contributed by atoms with Crippen LogP contribution in [0.25, 0.3) is 0 Å². The van der Waals surface area contributed by atoms with E-state index in [1.807, 2.05) is 14.1 Å². The van der Waals surface area contributed by atoms with Gasteiger partial charge in [-0.1, -0.05) is 140 Å². The SMILES string of the molecule is CCCCC/C=C\C/C=C\CCCCCCCC(=O)N(CCCN(C)C)C1(C(=O)NCCCCCCCC/C=C\CCCCCCCC)CCS(=O)(=O)CC1. The molecular formula is C47H87N3O4S. The third-order valence-electron chi connectivity index (χ3n) is 11.2. The quantitative estimate of drug-likeness (QED) is 0.0504. The Morgan fingerprint density at radius 1 is 0.564 bits per heavy atom. The number of hydrogen-bond acceptors (Lipinski definition) is 5. The van der Waals surface area contributed by atoms with Gasteiger partial charge in [0.05, 0.1) is 11.5 Å². The molecular weight excluding hydrogens is 703 g/mol. The largest absolute Gasteiger partial charge is 0.354 e. The van der Waals surface area contributed by atoms with Crippen LogP contribution < -0.4 is 5.32 Å². The molecule has 1 aliphatic rings. The summed E-state index contributed by atoms with van der Waals surface area (Å²) in [5.74, 6) is -0.254. The van der Waals surface area contributed by atoms with Crippen molar-refractivity contribution in [3.63, 3.8) is 0 Å². The van der Waals surface area contributed by atoms with Crippen LogP contribution in [0, 0.1) is 0 Å². The number of amides is 2.